The zero-order valence-electron chi connectivity index (χ0n) is 14.6. The molecule has 2 heterocycles. The first-order valence-electron chi connectivity index (χ1n) is 8.64. The molecule has 2 aromatic heterocycles. The number of rotatable bonds is 4. The zero-order valence-corrected chi connectivity index (χ0v) is 17.7. The molecule has 4 nitrogen and oxygen atoms in total. The minimum absolute atomic E-state index is 0.145. The molecule has 1 aromatic carbocycles. The number of halogens is 2. The van der Waals surface area contributed by atoms with Crippen LogP contribution in [0.4, 0.5) is 5.69 Å². The number of carbonyl (C=O) groups is 1. The molecule has 1 amide bonds. The van der Waals surface area contributed by atoms with Crippen molar-refractivity contribution < 1.29 is 4.79 Å². The van der Waals surface area contributed by atoms with Crippen LogP contribution in [-0.2, 0) is 17.6 Å². The second-order valence-corrected chi connectivity index (χ2v) is 9.56. The van der Waals surface area contributed by atoms with E-state index in [1.165, 1.54) is 28.6 Å². The van der Waals surface area contributed by atoms with Crippen LogP contribution in [0, 0.1) is 5.92 Å². The standard InChI is InChI=1S/C19H17Cl2N3OS2/c1-10-2-4-12-15(6-10)27-19-17(12)18(22-9-23-19)26-8-16(25)24-14-7-11(20)3-5-13(14)21/h3,5,7,9-10H,2,4,6,8H2,1H3,(H,24,25). The summed E-state index contributed by atoms with van der Waals surface area (Å²) >= 11 is 15.3. The van der Waals surface area contributed by atoms with Crippen LogP contribution in [0.2, 0.25) is 10.0 Å². The Bertz CT molecular complexity index is 1020. The summed E-state index contributed by atoms with van der Waals surface area (Å²) in [6.07, 6.45) is 4.93. The first-order chi connectivity index (χ1) is 13.0. The molecule has 0 fully saturated rings. The van der Waals surface area contributed by atoms with Crippen LogP contribution in [0.25, 0.3) is 10.2 Å². The average Bonchev–Trinajstić information content (AvgIpc) is 3.01. The van der Waals surface area contributed by atoms with Crippen LogP contribution in [0.15, 0.2) is 29.6 Å². The quantitative estimate of drug-likeness (QED) is 0.410. The van der Waals surface area contributed by atoms with Crippen molar-refractivity contribution >= 4 is 68.1 Å². The minimum atomic E-state index is -0.145. The molecule has 27 heavy (non-hydrogen) atoms. The maximum absolute atomic E-state index is 12.4. The highest BCUT2D eigenvalue weighted by Gasteiger charge is 2.23. The number of benzene rings is 1. The molecule has 0 bridgehead atoms. The second kappa shape index (κ2) is 7.95. The lowest BCUT2D eigenvalue weighted by atomic mass is 9.89. The third kappa shape index (κ3) is 4.09. The summed E-state index contributed by atoms with van der Waals surface area (Å²) in [4.78, 5) is 23.7. The maximum atomic E-state index is 12.4. The van der Waals surface area contributed by atoms with Gasteiger partial charge in [-0.15, -0.1) is 11.3 Å². The Morgan fingerprint density at radius 1 is 1.37 bits per heavy atom. The minimum Gasteiger partial charge on any atom is -0.324 e. The molecule has 1 N–H and O–H groups in total. The van der Waals surface area contributed by atoms with Gasteiger partial charge >= 0.3 is 0 Å². The molecular weight excluding hydrogens is 421 g/mol. The fourth-order valence-corrected chi connectivity index (χ4v) is 5.85. The normalized spacial score (nSPS) is 16.3. The number of nitrogens with zero attached hydrogens (tertiary/aromatic N) is 2. The molecule has 140 valence electrons. The lowest BCUT2D eigenvalue weighted by Crippen LogP contribution is -2.14. The van der Waals surface area contributed by atoms with E-state index in [2.05, 4.69) is 22.2 Å². The van der Waals surface area contributed by atoms with Crippen molar-refractivity contribution in [3.05, 3.63) is 45.0 Å². The van der Waals surface area contributed by atoms with Gasteiger partial charge in [0.05, 0.1) is 16.5 Å². The highest BCUT2D eigenvalue weighted by Crippen LogP contribution is 2.40. The molecular formula is C19H17Cl2N3OS2. The average molecular weight is 438 g/mol. The van der Waals surface area contributed by atoms with Crippen LogP contribution in [0.3, 0.4) is 0 Å². The number of thioether (sulfide) groups is 1. The third-order valence-corrected chi connectivity index (χ3v) is 7.32. The summed E-state index contributed by atoms with van der Waals surface area (Å²) in [5, 5.41) is 5.80. The first kappa shape index (κ1) is 19.0. The number of nitrogens with one attached hydrogen (secondary N) is 1. The lowest BCUT2D eigenvalue weighted by molar-refractivity contribution is -0.113. The SMILES string of the molecule is CC1CCc2c(sc3ncnc(SCC(=O)Nc4cc(Cl)ccc4Cl)c23)C1. The van der Waals surface area contributed by atoms with E-state index < -0.39 is 0 Å². The monoisotopic (exact) mass is 437 g/mol. The van der Waals surface area contributed by atoms with Crippen molar-refractivity contribution in [2.75, 3.05) is 11.1 Å². The highest BCUT2D eigenvalue weighted by atomic mass is 35.5. The van der Waals surface area contributed by atoms with Gasteiger partial charge in [-0.2, -0.15) is 0 Å². The molecule has 0 spiro atoms. The molecule has 0 aliphatic heterocycles. The van der Waals surface area contributed by atoms with E-state index in [-0.39, 0.29) is 11.7 Å². The number of amides is 1. The molecule has 0 saturated heterocycles. The van der Waals surface area contributed by atoms with Crippen molar-refractivity contribution in [2.24, 2.45) is 5.92 Å². The molecule has 8 heteroatoms. The van der Waals surface area contributed by atoms with E-state index >= 15 is 0 Å². The van der Waals surface area contributed by atoms with Gasteiger partial charge in [0.25, 0.3) is 0 Å². The molecule has 3 aromatic rings. The van der Waals surface area contributed by atoms with Gasteiger partial charge in [-0.3, -0.25) is 4.79 Å². The second-order valence-electron chi connectivity index (χ2n) is 6.67. The number of thiophene rings is 1. The highest BCUT2D eigenvalue weighted by molar-refractivity contribution is 8.00. The Balaban J connectivity index is 1.52. The van der Waals surface area contributed by atoms with Crippen LogP contribution >= 0.6 is 46.3 Å². The summed E-state index contributed by atoms with van der Waals surface area (Å²) in [6, 6.07) is 5.00. The van der Waals surface area contributed by atoms with Gasteiger partial charge in [-0.05, 0) is 48.9 Å². The molecule has 0 saturated carbocycles. The number of anilines is 1. The van der Waals surface area contributed by atoms with Crippen molar-refractivity contribution in [1.29, 1.82) is 0 Å². The molecule has 1 atom stereocenters. The number of aryl methyl sites for hydroxylation is 1. The van der Waals surface area contributed by atoms with E-state index in [0.717, 1.165) is 28.1 Å². The number of aromatic nitrogens is 2. The number of hydrogen-bond acceptors (Lipinski definition) is 5. The molecule has 1 aliphatic carbocycles. The van der Waals surface area contributed by atoms with Gasteiger partial charge < -0.3 is 5.32 Å². The smallest absolute Gasteiger partial charge is 0.234 e. The van der Waals surface area contributed by atoms with Crippen LogP contribution < -0.4 is 5.32 Å². The summed E-state index contributed by atoms with van der Waals surface area (Å²) < 4.78 is 0. The van der Waals surface area contributed by atoms with Crippen LogP contribution in [0.5, 0.6) is 0 Å². The fourth-order valence-electron chi connectivity index (χ4n) is 3.27. The summed E-state index contributed by atoms with van der Waals surface area (Å²) in [5.74, 6) is 0.812. The predicted molar refractivity (Wildman–Crippen MR) is 114 cm³/mol. The number of hydrogen-bond donors (Lipinski definition) is 1. The third-order valence-electron chi connectivity index (χ3n) is 4.60. The van der Waals surface area contributed by atoms with Gasteiger partial charge in [-0.1, -0.05) is 41.9 Å². The Kier molecular flexibility index (Phi) is 5.60. The Morgan fingerprint density at radius 2 is 2.22 bits per heavy atom. The van der Waals surface area contributed by atoms with Gasteiger partial charge in [-0.25, -0.2) is 9.97 Å². The van der Waals surface area contributed by atoms with Gasteiger partial charge in [0.2, 0.25) is 5.91 Å². The Morgan fingerprint density at radius 3 is 3.07 bits per heavy atom. The fraction of sp³-hybridized carbons (Fsp3) is 0.316. The van der Waals surface area contributed by atoms with Crippen molar-refractivity contribution in [2.45, 2.75) is 31.2 Å². The Hall–Kier alpha value is -1.34. The molecule has 1 aliphatic rings. The van der Waals surface area contributed by atoms with Gasteiger partial charge in [0.15, 0.2) is 0 Å². The summed E-state index contributed by atoms with van der Waals surface area (Å²) in [5.41, 5.74) is 1.89. The van der Waals surface area contributed by atoms with Crippen molar-refractivity contribution in [3.8, 4) is 0 Å². The van der Waals surface area contributed by atoms with E-state index in [4.69, 9.17) is 23.2 Å². The zero-order chi connectivity index (χ0) is 19.0. The summed E-state index contributed by atoms with van der Waals surface area (Å²) in [6.45, 7) is 2.29. The van der Waals surface area contributed by atoms with E-state index in [0.29, 0.717) is 21.7 Å². The van der Waals surface area contributed by atoms with Crippen molar-refractivity contribution in [1.82, 2.24) is 9.97 Å². The number of fused-ring (bicyclic) bond motifs is 3. The van der Waals surface area contributed by atoms with E-state index in [1.807, 2.05) is 0 Å². The molecule has 1 unspecified atom stereocenters. The van der Waals surface area contributed by atoms with Gasteiger partial charge in [0.1, 0.15) is 16.2 Å². The van der Waals surface area contributed by atoms with Crippen molar-refractivity contribution in [3.63, 3.8) is 0 Å². The lowest BCUT2D eigenvalue weighted by Gasteiger charge is -2.18. The number of carbonyl (C=O) groups excluding carboxylic acids is 1. The van der Waals surface area contributed by atoms with E-state index in [9.17, 15) is 4.79 Å². The van der Waals surface area contributed by atoms with Crippen LogP contribution in [0.1, 0.15) is 23.8 Å². The maximum Gasteiger partial charge on any atom is 0.234 e. The largest absolute Gasteiger partial charge is 0.324 e. The predicted octanol–water partition coefficient (Wildman–Crippen LogP) is 5.85. The topological polar surface area (TPSA) is 54.9 Å². The molecule has 4 rings (SSSR count). The van der Waals surface area contributed by atoms with Gasteiger partial charge in [0, 0.05) is 15.3 Å². The molecule has 0 radical (unpaired) electrons. The van der Waals surface area contributed by atoms with E-state index in [1.54, 1.807) is 35.9 Å². The Labute approximate surface area is 175 Å². The first-order valence-corrected chi connectivity index (χ1v) is 11.2. The summed E-state index contributed by atoms with van der Waals surface area (Å²) in [7, 11) is 0. The van der Waals surface area contributed by atoms with Crippen LogP contribution in [-0.4, -0.2) is 21.6 Å².